The summed E-state index contributed by atoms with van der Waals surface area (Å²) < 4.78 is 19.4. The number of nitrogens with zero attached hydrogens (tertiary/aromatic N) is 2. The fraction of sp³-hybridized carbons (Fsp3) is 0.409. The Kier molecular flexibility index (Phi) is 9.18. The Morgan fingerprint density at radius 1 is 1.21 bits per heavy atom. The molecule has 3 rings (SSSR count). The maximum absolute atomic E-state index is 13.4. The van der Waals surface area contributed by atoms with E-state index in [2.05, 4.69) is 24.4 Å². The van der Waals surface area contributed by atoms with Gasteiger partial charge < -0.3 is 15.0 Å². The molecule has 2 aromatic carbocycles. The molecule has 6 heteroatoms. The van der Waals surface area contributed by atoms with Gasteiger partial charge in [0.05, 0.1) is 6.10 Å². The van der Waals surface area contributed by atoms with E-state index in [1.807, 2.05) is 36.2 Å². The first-order valence-corrected chi connectivity index (χ1v) is 9.58. The molecule has 0 amide bonds. The molecule has 0 radical (unpaired) electrons. The van der Waals surface area contributed by atoms with Crippen molar-refractivity contribution in [3.63, 3.8) is 0 Å². The molecule has 0 aliphatic carbocycles. The van der Waals surface area contributed by atoms with Crippen LogP contribution in [-0.2, 0) is 11.3 Å². The third-order valence-corrected chi connectivity index (χ3v) is 4.82. The lowest BCUT2D eigenvalue weighted by molar-refractivity contribution is 0.0925. The number of halogens is 2. The van der Waals surface area contributed by atoms with Gasteiger partial charge in [0.1, 0.15) is 5.82 Å². The lowest BCUT2D eigenvalue weighted by atomic mass is 9.95. The van der Waals surface area contributed by atoms with E-state index in [0.717, 1.165) is 31.1 Å². The highest BCUT2D eigenvalue weighted by atomic mass is 127. The monoisotopic (exact) mass is 497 g/mol. The van der Waals surface area contributed by atoms with Crippen LogP contribution in [0.15, 0.2) is 59.6 Å². The van der Waals surface area contributed by atoms with Gasteiger partial charge in [-0.25, -0.2) is 4.39 Å². The van der Waals surface area contributed by atoms with Crippen molar-refractivity contribution in [1.29, 1.82) is 0 Å². The molecular weight excluding hydrogens is 468 g/mol. The first-order valence-electron chi connectivity index (χ1n) is 9.58. The van der Waals surface area contributed by atoms with Gasteiger partial charge in [0, 0.05) is 39.2 Å². The van der Waals surface area contributed by atoms with Crippen molar-refractivity contribution in [3.05, 3.63) is 71.5 Å². The summed E-state index contributed by atoms with van der Waals surface area (Å²) in [5.41, 5.74) is 2.14. The number of ether oxygens (including phenoxy) is 1. The van der Waals surface area contributed by atoms with Crippen LogP contribution in [0.1, 0.15) is 30.6 Å². The SMILES string of the molecule is CCNC(=NCC1CCOC1c1ccccc1)N(C)Cc1cccc(F)c1.I. The first-order chi connectivity index (χ1) is 13.2. The molecular formula is C22H29FIN3O. The van der Waals surface area contributed by atoms with Crippen molar-refractivity contribution in [3.8, 4) is 0 Å². The molecule has 1 saturated heterocycles. The Bertz CT molecular complexity index is 756. The zero-order chi connectivity index (χ0) is 19.1. The predicted octanol–water partition coefficient (Wildman–Crippen LogP) is 4.62. The third kappa shape index (κ3) is 6.17. The predicted molar refractivity (Wildman–Crippen MR) is 123 cm³/mol. The van der Waals surface area contributed by atoms with Crippen molar-refractivity contribution in [2.24, 2.45) is 10.9 Å². The summed E-state index contributed by atoms with van der Waals surface area (Å²) in [5.74, 6) is 0.987. The fourth-order valence-electron chi connectivity index (χ4n) is 3.49. The minimum atomic E-state index is -0.211. The van der Waals surface area contributed by atoms with Crippen LogP contribution in [0.5, 0.6) is 0 Å². The molecule has 1 fully saturated rings. The van der Waals surface area contributed by atoms with E-state index < -0.39 is 0 Å². The quantitative estimate of drug-likeness (QED) is 0.360. The van der Waals surface area contributed by atoms with E-state index in [4.69, 9.17) is 9.73 Å². The minimum Gasteiger partial charge on any atom is -0.373 e. The van der Waals surface area contributed by atoms with Crippen molar-refractivity contribution in [1.82, 2.24) is 10.2 Å². The molecule has 0 saturated carbocycles. The number of rotatable bonds is 6. The van der Waals surface area contributed by atoms with Crippen LogP contribution in [-0.4, -0.2) is 37.6 Å². The van der Waals surface area contributed by atoms with Gasteiger partial charge in [0.15, 0.2) is 5.96 Å². The van der Waals surface area contributed by atoms with Crippen LogP contribution < -0.4 is 5.32 Å². The summed E-state index contributed by atoms with van der Waals surface area (Å²) in [5, 5.41) is 3.34. The number of hydrogen-bond acceptors (Lipinski definition) is 2. The summed E-state index contributed by atoms with van der Waals surface area (Å²) in [4.78, 5) is 6.88. The van der Waals surface area contributed by atoms with Gasteiger partial charge in [-0.2, -0.15) is 0 Å². The molecule has 0 spiro atoms. The smallest absolute Gasteiger partial charge is 0.193 e. The van der Waals surface area contributed by atoms with Crippen LogP contribution in [0, 0.1) is 11.7 Å². The zero-order valence-corrected chi connectivity index (χ0v) is 18.8. The number of benzene rings is 2. The van der Waals surface area contributed by atoms with E-state index in [0.29, 0.717) is 19.0 Å². The number of aliphatic imine (C=N–C) groups is 1. The lowest BCUT2D eigenvalue weighted by Crippen LogP contribution is -2.39. The largest absolute Gasteiger partial charge is 0.373 e. The van der Waals surface area contributed by atoms with E-state index in [9.17, 15) is 4.39 Å². The summed E-state index contributed by atoms with van der Waals surface area (Å²) in [7, 11) is 1.98. The molecule has 1 aliphatic rings. The Balaban J connectivity index is 0.00000280. The lowest BCUT2D eigenvalue weighted by Gasteiger charge is -2.23. The Morgan fingerprint density at radius 2 is 2.00 bits per heavy atom. The highest BCUT2D eigenvalue weighted by Gasteiger charge is 2.29. The highest BCUT2D eigenvalue weighted by molar-refractivity contribution is 14.0. The molecule has 2 unspecified atom stereocenters. The van der Waals surface area contributed by atoms with Crippen molar-refractivity contribution in [2.75, 3.05) is 26.7 Å². The third-order valence-electron chi connectivity index (χ3n) is 4.82. The van der Waals surface area contributed by atoms with Gasteiger partial charge in [0.25, 0.3) is 0 Å². The van der Waals surface area contributed by atoms with Gasteiger partial charge in [-0.1, -0.05) is 42.5 Å². The van der Waals surface area contributed by atoms with E-state index in [1.54, 1.807) is 12.1 Å². The topological polar surface area (TPSA) is 36.9 Å². The first kappa shape index (κ1) is 22.6. The number of guanidine groups is 1. The average Bonchev–Trinajstić information content (AvgIpc) is 3.14. The average molecular weight is 497 g/mol. The molecule has 28 heavy (non-hydrogen) atoms. The molecule has 0 aromatic heterocycles. The number of hydrogen-bond donors (Lipinski definition) is 1. The molecule has 4 nitrogen and oxygen atoms in total. The summed E-state index contributed by atoms with van der Waals surface area (Å²) in [6, 6.07) is 17.1. The molecule has 152 valence electrons. The highest BCUT2D eigenvalue weighted by Crippen LogP contribution is 2.34. The molecule has 2 atom stereocenters. The van der Waals surface area contributed by atoms with Crippen molar-refractivity contribution in [2.45, 2.75) is 26.0 Å². The molecule has 2 aromatic rings. The van der Waals surface area contributed by atoms with E-state index in [-0.39, 0.29) is 35.9 Å². The fourth-order valence-corrected chi connectivity index (χ4v) is 3.49. The van der Waals surface area contributed by atoms with Crippen molar-refractivity contribution < 1.29 is 9.13 Å². The molecule has 1 N–H and O–H groups in total. The summed E-state index contributed by atoms with van der Waals surface area (Å²) in [6.45, 7) is 4.92. The van der Waals surface area contributed by atoms with Gasteiger partial charge in [-0.05, 0) is 36.6 Å². The van der Waals surface area contributed by atoms with Gasteiger partial charge >= 0.3 is 0 Å². The van der Waals surface area contributed by atoms with Crippen LogP contribution >= 0.6 is 24.0 Å². The standard InChI is InChI=1S/C22H28FN3O.HI/c1-3-24-22(26(2)16-17-8-7-11-20(23)14-17)25-15-19-12-13-27-21(19)18-9-5-4-6-10-18;/h4-11,14,19,21H,3,12-13,15-16H2,1-2H3,(H,24,25);1H. The maximum atomic E-state index is 13.4. The normalized spacial score (nSPS) is 19.2. The van der Waals surface area contributed by atoms with E-state index in [1.165, 1.54) is 11.6 Å². The van der Waals surface area contributed by atoms with Crippen LogP contribution in [0.2, 0.25) is 0 Å². The van der Waals surface area contributed by atoms with Crippen LogP contribution in [0.4, 0.5) is 4.39 Å². The van der Waals surface area contributed by atoms with Gasteiger partial charge in [-0.15, -0.1) is 24.0 Å². The van der Waals surface area contributed by atoms with Gasteiger partial charge in [-0.3, -0.25) is 4.99 Å². The van der Waals surface area contributed by atoms with Crippen LogP contribution in [0.3, 0.4) is 0 Å². The van der Waals surface area contributed by atoms with Crippen molar-refractivity contribution >= 4 is 29.9 Å². The minimum absolute atomic E-state index is 0. The summed E-state index contributed by atoms with van der Waals surface area (Å²) >= 11 is 0. The molecule has 1 aliphatic heterocycles. The maximum Gasteiger partial charge on any atom is 0.193 e. The summed E-state index contributed by atoms with van der Waals surface area (Å²) in [6.07, 6.45) is 1.11. The van der Waals surface area contributed by atoms with E-state index >= 15 is 0 Å². The zero-order valence-electron chi connectivity index (χ0n) is 16.5. The second-order valence-electron chi connectivity index (χ2n) is 6.93. The Hall–Kier alpha value is -1.67. The van der Waals surface area contributed by atoms with Gasteiger partial charge in [0.2, 0.25) is 0 Å². The second-order valence-corrected chi connectivity index (χ2v) is 6.93. The molecule has 1 heterocycles. The van der Waals surface area contributed by atoms with Crippen LogP contribution in [0.25, 0.3) is 0 Å². The Morgan fingerprint density at radius 3 is 2.71 bits per heavy atom. The second kappa shape index (κ2) is 11.4. The molecule has 0 bridgehead atoms. The number of nitrogens with one attached hydrogen (secondary N) is 1. The Labute approximate surface area is 184 Å².